The number of fused-ring (bicyclic) bond motifs is 4. The van der Waals surface area contributed by atoms with Crippen molar-refractivity contribution < 1.29 is 0 Å². The van der Waals surface area contributed by atoms with Crippen molar-refractivity contribution in [2.45, 2.75) is 39.0 Å². The van der Waals surface area contributed by atoms with E-state index in [0.717, 1.165) is 18.5 Å². The maximum atomic E-state index is 4.37. The highest BCUT2D eigenvalue weighted by atomic mass is 15.1. The molecule has 6 rings (SSSR count). The molecular weight excluding hydrogens is 388 g/mol. The molecule has 32 heavy (non-hydrogen) atoms. The summed E-state index contributed by atoms with van der Waals surface area (Å²) < 4.78 is 0. The van der Waals surface area contributed by atoms with Crippen molar-refractivity contribution in [2.24, 2.45) is 0 Å². The fourth-order valence-corrected chi connectivity index (χ4v) is 5.63. The highest BCUT2D eigenvalue weighted by Crippen LogP contribution is 2.33. The van der Waals surface area contributed by atoms with Gasteiger partial charge in [0.15, 0.2) is 0 Å². The van der Waals surface area contributed by atoms with E-state index < -0.39 is 0 Å². The van der Waals surface area contributed by atoms with E-state index >= 15 is 0 Å². The normalized spacial score (nSPS) is 16.6. The summed E-state index contributed by atoms with van der Waals surface area (Å²) in [5.41, 5.74) is 9.36. The third-order valence-electron chi connectivity index (χ3n) is 7.12. The molecule has 2 aliphatic carbocycles. The summed E-state index contributed by atoms with van der Waals surface area (Å²) in [6.45, 7) is 4.58. The van der Waals surface area contributed by atoms with Crippen molar-refractivity contribution in [3.05, 3.63) is 116 Å². The largest absolute Gasteiger partial charge is 0.159 e. The third kappa shape index (κ3) is 3.02. The van der Waals surface area contributed by atoms with Gasteiger partial charge in [-0.3, -0.25) is 0 Å². The van der Waals surface area contributed by atoms with Gasteiger partial charge >= 0.3 is 0 Å². The van der Waals surface area contributed by atoms with Crippen molar-refractivity contribution in [3.8, 4) is 11.3 Å². The first-order valence-corrected chi connectivity index (χ1v) is 11.5. The van der Waals surface area contributed by atoms with Crippen molar-refractivity contribution in [1.29, 1.82) is 0 Å². The molecule has 156 valence electrons. The quantitative estimate of drug-likeness (QED) is 0.452. The summed E-state index contributed by atoms with van der Waals surface area (Å²) in [6.07, 6.45) is 7.45. The monoisotopic (exact) mass is 414 g/mol. The molecule has 1 heterocycles. The Hall–Kier alpha value is -3.52. The third-order valence-corrected chi connectivity index (χ3v) is 7.12. The molecule has 1 unspecified atom stereocenters. The topological polar surface area (TPSA) is 25.8 Å². The molecule has 2 heteroatoms. The molecule has 3 aromatic carbocycles. The molecule has 0 bridgehead atoms. The van der Waals surface area contributed by atoms with Crippen molar-refractivity contribution in [1.82, 2.24) is 10.2 Å². The minimum Gasteiger partial charge on any atom is -0.159 e. The molecular formula is C30H26N2. The zero-order chi connectivity index (χ0) is 21.7. The zero-order valence-corrected chi connectivity index (χ0v) is 18.6. The van der Waals surface area contributed by atoms with Crippen LogP contribution >= 0.6 is 0 Å². The maximum absolute atomic E-state index is 4.37. The van der Waals surface area contributed by atoms with Gasteiger partial charge < -0.3 is 0 Å². The van der Waals surface area contributed by atoms with Crippen LogP contribution in [0.3, 0.4) is 0 Å². The molecule has 1 atom stereocenters. The number of hydrogen-bond donors (Lipinski definition) is 0. The van der Waals surface area contributed by atoms with Crippen LogP contribution < -0.4 is 10.4 Å². The standard InChI is InChI=1S/C30H26N2/c1-19-6-3-7-21(18-19)22-12-11-20(2)30-27(22)15-14-25-23-8-4-9-26(24(23)13-16-28(25)30)29-10-5-17-31-32-29/h3-10,13-15,17-18,20H,11-12,16H2,1-2H3. The molecule has 0 fully saturated rings. The van der Waals surface area contributed by atoms with Crippen LogP contribution in [0.4, 0.5) is 0 Å². The zero-order valence-electron chi connectivity index (χ0n) is 18.6. The molecule has 0 saturated carbocycles. The van der Waals surface area contributed by atoms with E-state index in [9.17, 15) is 0 Å². The lowest BCUT2D eigenvalue weighted by atomic mass is 9.78. The number of benzene rings is 3. The predicted octanol–water partition coefficient (Wildman–Crippen LogP) is 5.17. The Kier molecular flexibility index (Phi) is 4.53. The lowest BCUT2D eigenvalue weighted by Gasteiger charge is -2.26. The molecule has 0 aliphatic heterocycles. The van der Waals surface area contributed by atoms with Gasteiger partial charge in [-0.15, -0.1) is 0 Å². The molecule has 2 aliphatic rings. The van der Waals surface area contributed by atoms with E-state index in [0.29, 0.717) is 5.92 Å². The van der Waals surface area contributed by atoms with Gasteiger partial charge in [-0.05, 0) is 87.4 Å². The van der Waals surface area contributed by atoms with E-state index in [1.807, 2.05) is 12.1 Å². The van der Waals surface area contributed by atoms with Crippen LogP contribution in [-0.4, -0.2) is 10.2 Å². The number of hydrogen-bond acceptors (Lipinski definition) is 2. The highest BCUT2D eigenvalue weighted by Gasteiger charge is 2.22. The molecule has 2 nitrogen and oxygen atoms in total. The Morgan fingerprint density at radius 2 is 1.75 bits per heavy atom. The summed E-state index contributed by atoms with van der Waals surface area (Å²) in [4.78, 5) is 0. The van der Waals surface area contributed by atoms with Gasteiger partial charge in [0.2, 0.25) is 0 Å². The maximum Gasteiger partial charge on any atom is 0.0935 e. The summed E-state index contributed by atoms with van der Waals surface area (Å²) in [5.74, 6) is 0.576. The van der Waals surface area contributed by atoms with Gasteiger partial charge in [0, 0.05) is 11.8 Å². The van der Waals surface area contributed by atoms with Gasteiger partial charge in [0.1, 0.15) is 0 Å². The summed E-state index contributed by atoms with van der Waals surface area (Å²) in [6, 6.07) is 24.3. The van der Waals surface area contributed by atoms with Crippen LogP contribution in [0.5, 0.6) is 0 Å². The molecule has 0 spiro atoms. The van der Waals surface area contributed by atoms with Gasteiger partial charge in [0.25, 0.3) is 0 Å². The molecule has 0 amide bonds. The lowest BCUT2D eigenvalue weighted by molar-refractivity contribution is 0.667. The molecule has 0 radical (unpaired) electrons. The fourth-order valence-electron chi connectivity index (χ4n) is 5.63. The van der Waals surface area contributed by atoms with E-state index in [2.05, 4.69) is 84.7 Å². The number of aromatic nitrogens is 2. The summed E-state index contributed by atoms with van der Waals surface area (Å²) in [7, 11) is 0. The minimum absolute atomic E-state index is 0.576. The minimum atomic E-state index is 0.576. The number of rotatable bonds is 2. The summed E-state index contributed by atoms with van der Waals surface area (Å²) >= 11 is 0. The van der Waals surface area contributed by atoms with E-state index in [4.69, 9.17) is 0 Å². The van der Waals surface area contributed by atoms with Crippen molar-refractivity contribution >= 4 is 11.6 Å². The van der Waals surface area contributed by atoms with Gasteiger partial charge in [-0.25, -0.2) is 0 Å². The Morgan fingerprint density at radius 3 is 2.59 bits per heavy atom. The predicted molar refractivity (Wildman–Crippen MR) is 130 cm³/mol. The SMILES string of the molecule is Cc1cccc(C2=c3ccc4c(c3C(C)CC2)CC=c2c(-c3cccnn3)cccc2=4)c1. The number of nitrogens with zero attached hydrogens (tertiary/aromatic N) is 2. The second kappa shape index (κ2) is 7.56. The molecule has 0 saturated heterocycles. The Bertz CT molecular complexity index is 1570. The first-order valence-electron chi connectivity index (χ1n) is 11.5. The first kappa shape index (κ1) is 19.2. The van der Waals surface area contributed by atoms with Crippen molar-refractivity contribution in [3.63, 3.8) is 0 Å². The van der Waals surface area contributed by atoms with Crippen LogP contribution in [0.2, 0.25) is 0 Å². The van der Waals surface area contributed by atoms with Crippen LogP contribution in [0, 0.1) is 17.4 Å². The highest BCUT2D eigenvalue weighted by molar-refractivity contribution is 5.70. The average Bonchev–Trinajstić information content (AvgIpc) is 2.84. The fraction of sp³-hybridized carbons (Fsp3) is 0.200. The second-order valence-electron chi connectivity index (χ2n) is 9.12. The van der Waals surface area contributed by atoms with Gasteiger partial charge in [0.05, 0.1) is 5.69 Å². The number of aryl methyl sites for hydroxylation is 1. The average molecular weight is 415 g/mol. The molecule has 0 N–H and O–H groups in total. The van der Waals surface area contributed by atoms with Crippen molar-refractivity contribution in [2.75, 3.05) is 0 Å². The van der Waals surface area contributed by atoms with E-state index in [-0.39, 0.29) is 0 Å². The van der Waals surface area contributed by atoms with Gasteiger partial charge in [-0.2, -0.15) is 10.2 Å². The Balaban J connectivity index is 1.68. The lowest BCUT2D eigenvalue weighted by Crippen LogP contribution is -2.25. The van der Waals surface area contributed by atoms with Crippen LogP contribution in [0.25, 0.3) is 22.9 Å². The van der Waals surface area contributed by atoms with E-state index in [1.54, 1.807) is 11.8 Å². The van der Waals surface area contributed by atoms with Crippen LogP contribution in [-0.2, 0) is 6.42 Å². The first-order chi connectivity index (χ1) is 15.7. The Morgan fingerprint density at radius 1 is 0.875 bits per heavy atom. The second-order valence-corrected chi connectivity index (χ2v) is 9.12. The Labute approximate surface area is 188 Å². The van der Waals surface area contributed by atoms with Crippen LogP contribution in [0.1, 0.15) is 47.9 Å². The molecule has 4 aromatic rings. The summed E-state index contributed by atoms with van der Waals surface area (Å²) in [5, 5.41) is 13.9. The van der Waals surface area contributed by atoms with E-state index in [1.165, 1.54) is 55.1 Å². The van der Waals surface area contributed by atoms with Gasteiger partial charge in [-0.1, -0.05) is 73.2 Å². The smallest absolute Gasteiger partial charge is 0.0935 e. The molecule has 1 aromatic heterocycles. The van der Waals surface area contributed by atoms with Crippen LogP contribution in [0.15, 0.2) is 72.9 Å².